The molecule has 0 unspecified atom stereocenters. The predicted octanol–water partition coefficient (Wildman–Crippen LogP) is 2.15. The van der Waals surface area contributed by atoms with Gasteiger partial charge in [-0.05, 0) is 49.2 Å². The van der Waals surface area contributed by atoms with E-state index in [1.807, 2.05) is 52.0 Å². The number of benzene rings is 1. The average molecular weight is 319 g/mol. The van der Waals surface area contributed by atoms with Gasteiger partial charge in [-0.1, -0.05) is 36.0 Å². The summed E-state index contributed by atoms with van der Waals surface area (Å²) >= 11 is 1.34. The summed E-state index contributed by atoms with van der Waals surface area (Å²) in [5, 5.41) is 15.2. The number of carbonyl (C=O) groups is 1. The molecule has 22 heavy (non-hydrogen) atoms. The van der Waals surface area contributed by atoms with Crippen LogP contribution in [0.25, 0.3) is 0 Å². The third kappa shape index (κ3) is 4.30. The van der Waals surface area contributed by atoms with E-state index in [-0.39, 0.29) is 11.4 Å². The maximum absolute atomic E-state index is 12.0. The van der Waals surface area contributed by atoms with Gasteiger partial charge in [-0.3, -0.25) is 4.79 Å². The van der Waals surface area contributed by atoms with Crippen molar-refractivity contribution in [3.8, 4) is 0 Å². The van der Waals surface area contributed by atoms with Crippen molar-refractivity contribution in [1.29, 1.82) is 0 Å². The minimum absolute atomic E-state index is 0.0308. The lowest BCUT2D eigenvalue weighted by molar-refractivity contribution is -0.118. The molecule has 1 aromatic carbocycles. The molecule has 7 heteroatoms. The molecule has 0 atom stereocenters. The Kier molecular flexibility index (Phi) is 5.18. The van der Waals surface area contributed by atoms with Crippen LogP contribution in [0.4, 0.5) is 0 Å². The molecule has 0 fully saturated rings. The first-order valence-corrected chi connectivity index (χ1v) is 8.09. The Balaban J connectivity index is 1.86. The molecule has 0 aliphatic carbocycles. The third-order valence-electron chi connectivity index (χ3n) is 3.15. The van der Waals surface area contributed by atoms with Gasteiger partial charge in [0.1, 0.15) is 0 Å². The summed E-state index contributed by atoms with van der Waals surface area (Å²) < 4.78 is 1.73. The molecule has 2 aromatic rings. The van der Waals surface area contributed by atoms with Crippen LogP contribution in [0.3, 0.4) is 0 Å². The third-order valence-corrected chi connectivity index (χ3v) is 4.07. The fourth-order valence-corrected chi connectivity index (χ4v) is 2.76. The van der Waals surface area contributed by atoms with Crippen molar-refractivity contribution >= 4 is 17.7 Å². The van der Waals surface area contributed by atoms with E-state index in [2.05, 4.69) is 20.8 Å². The number of hydrogen-bond donors (Lipinski definition) is 1. The van der Waals surface area contributed by atoms with Gasteiger partial charge in [0.25, 0.3) is 0 Å². The van der Waals surface area contributed by atoms with E-state index < -0.39 is 0 Å². The molecular formula is C15H21N5OS. The van der Waals surface area contributed by atoms with Gasteiger partial charge in [-0.2, -0.15) is 0 Å². The zero-order chi connectivity index (χ0) is 16.2. The summed E-state index contributed by atoms with van der Waals surface area (Å²) in [7, 11) is 0. The largest absolute Gasteiger partial charge is 0.351 e. The Morgan fingerprint density at radius 1 is 1.32 bits per heavy atom. The molecule has 2 rings (SSSR count). The summed E-state index contributed by atoms with van der Waals surface area (Å²) in [5.74, 6) is 0.263. The Morgan fingerprint density at radius 3 is 2.73 bits per heavy atom. The van der Waals surface area contributed by atoms with E-state index in [0.29, 0.717) is 17.5 Å². The van der Waals surface area contributed by atoms with E-state index in [4.69, 9.17) is 0 Å². The maximum Gasteiger partial charge on any atom is 0.230 e. The van der Waals surface area contributed by atoms with E-state index in [9.17, 15) is 4.79 Å². The van der Waals surface area contributed by atoms with Crippen LogP contribution in [0.15, 0.2) is 29.4 Å². The normalized spacial score (nSPS) is 11.5. The number of aryl methyl sites for hydroxylation is 1. The lowest BCUT2D eigenvalue weighted by Gasteiger charge is -2.19. The average Bonchev–Trinajstić information content (AvgIpc) is 2.93. The van der Waals surface area contributed by atoms with Crippen molar-refractivity contribution in [2.45, 2.75) is 44.9 Å². The Labute approximate surface area is 134 Å². The molecular weight excluding hydrogens is 298 g/mol. The predicted molar refractivity (Wildman–Crippen MR) is 86.6 cm³/mol. The standard InChI is InChI=1S/C15H21N5OS/c1-11-7-5-6-8-12(11)9-16-13(21)10-22-14-17-18-19-20(14)15(2,3)4/h5-8H,9-10H2,1-4H3,(H,16,21). The van der Waals surface area contributed by atoms with Crippen molar-refractivity contribution in [3.63, 3.8) is 0 Å². The first-order chi connectivity index (χ1) is 10.4. The number of hydrogen-bond acceptors (Lipinski definition) is 5. The highest BCUT2D eigenvalue weighted by Crippen LogP contribution is 2.21. The lowest BCUT2D eigenvalue weighted by atomic mass is 10.1. The second-order valence-corrected chi connectivity index (χ2v) is 6.98. The van der Waals surface area contributed by atoms with Crippen LogP contribution in [0.5, 0.6) is 0 Å². The number of nitrogens with one attached hydrogen (secondary N) is 1. The fraction of sp³-hybridized carbons (Fsp3) is 0.467. The highest BCUT2D eigenvalue weighted by Gasteiger charge is 2.20. The highest BCUT2D eigenvalue weighted by atomic mass is 32.2. The number of nitrogens with zero attached hydrogens (tertiary/aromatic N) is 4. The van der Waals surface area contributed by atoms with Crippen LogP contribution < -0.4 is 5.32 Å². The summed E-state index contributed by atoms with van der Waals surface area (Å²) in [6, 6.07) is 8.01. The second kappa shape index (κ2) is 6.91. The van der Waals surface area contributed by atoms with Gasteiger partial charge in [-0.15, -0.1) is 5.10 Å². The molecule has 0 saturated heterocycles. The van der Waals surface area contributed by atoms with Gasteiger partial charge in [0.2, 0.25) is 11.1 Å². The zero-order valence-corrected chi connectivity index (χ0v) is 14.1. The Hall–Kier alpha value is -1.89. The highest BCUT2D eigenvalue weighted by molar-refractivity contribution is 7.99. The first-order valence-electron chi connectivity index (χ1n) is 7.11. The van der Waals surface area contributed by atoms with Crippen molar-refractivity contribution < 1.29 is 4.79 Å². The van der Waals surface area contributed by atoms with Crippen LogP contribution in [0.2, 0.25) is 0 Å². The molecule has 0 aliphatic rings. The Bertz CT molecular complexity index is 647. The van der Waals surface area contributed by atoms with Crippen molar-refractivity contribution in [2.24, 2.45) is 0 Å². The summed E-state index contributed by atoms with van der Waals surface area (Å²) in [6.07, 6.45) is 0. The van der Waals surface area contributed by atoms with Crippen LogP contribution in [0.1, 0.15) is 31.9 Å². The molecule has 0 saturated carbocycles. The lowest BCUT2D eigenvalue weighted by Crippen LogP contribution is -2.27. The molecule has 0 spiro atoms. The van der Waals surface area contributed by atoms with Gasteiger partial charge >= 0.3 is 0 Å². The molecule has 118 valence electrons. The van der Waals surface area contributed by atoms with Crippen LogP contribution in [0, 0.1) is 6.92 Å². The smallest absolute Gasteiger partial charge is 0.230 e. The van der Waals surface area contributed by atoms with Crippen LogP contribution in [-0.4, -0.2) is 31.9 Å². The summed E-state index contributed by atoms with van der Waals surface area (Å²) in [5.41, 5.74) is 2.09. The van der Waals surface area contributed by atoms with Gasteiger partial charge in [-0.25, -0.2) is 4.68 Å². The molecule has 1 amide bonds. The van der Waals surface area contributed by atoms with Crippen LogP contribution >= 0.6 is 11.8 Å². The van der Waals surface area contributed by atoms with E-state index in [1.54, 1.807) is 4.68 Å². The molecule has 0 aliphatic heterocycles. The number of rotatable bonds is 5. The second-order valence-electron chi connectivity index (χ2n) is 6.04. The van der Waals surface area contributed by atoms with E-state index in [1.165, 1.54) is 17.3 Å². The van der Waals surface area contributed by atoms with Gasteiger partial charge in [0, 0.05) is 6.54 Å². The summed E-state index contributed by atoms with van der Waals surface area (Å²) in [6.45, 7) is 8.63. The number of tetrazole rings is 1. The summed E-state index contributed by atoms with van der Waals surface area (Å²) in [4.78, 5) is 12.0. The van der Waals surface area contributed by atoms with E-state index >= 15 is 0 Å². The number of carbonyl (C=O) groups excluding carboxylic acids is 1. The van der Waals surface area contributed by atoms with E-state index in [0.717, 1.165) is 5.56 Å². The number of amides is 1. The van der Waals surface area contributed by atoms with Crippen molar-refractivity contribution in [3.05, 3.63) is 35.4 Å². The minimum Gasteiger partial charge on any atom is -0.351 e. The van der Waals surface area contributed by atoms with Crippen molar-refractivity contribution in [1.82, 2.24) is 25.5 Å². The number of aromatic nitrogens is 4. The molecule has 1 aromatic heterocycles. The SMILES string of the molecule is Cc1ccccc1CNC(=O)CSc1nnnn1C(C)(C)C. The molecule has 1 N–H and O–H groups in total. The van der Waals surface area contributed by atoms with Gasteiger partial charge in [0.15, 0.2) is 0 Å². The fourth-order valence-electron chi connectivity index (χ4n) is 1.87. The maximum atomic E-state index is 12.0. The first kappa shape index (κ1) is 16.5. The Morgan fingerprint density at radius 2 is 2.05 bits per heavy atom. The molecule has 0 radical (unpaired) electrons. The quantitative estimate of drug-likeness (QED) is 0.855. The number of thioether (sulfide) groups is 1. The van der Waals surface area contributed by atoms with Gasteiger partial charge in [0.05, 0.1) is 11.3 Å². The molecule has 0 bridgehead atoms. The molecule has 6 nitrogen and oxygen atoms in total. The van der Waals surface area contributed by atoms with Gasteiger partial charge < -0.3 is 5.32 Å². The minimum atomic E-state index is -0.205. The van der Waals surface area contributed by atoms with Crippen LogP contribution in [-0.2, 0) is 16.9 Å². The topological polar surface area (TPSA) is 72.7 Å². The zero-order valence-electron chi connectivity index (χ0n) is 13.3. The van der Waals surface area contributed by atoms with Crippen molar-refractivity contribution in [2.75, 3.05) is 5.75 Å². The monoisotopic (exact) mass is 319 g/mol. The molecule has 1 heterocycles.